The largest absolute Gasteiger partial charge is 0.449 e. The van der Waals surface area contributed by atoms with Crippen LogP contribution in [0.5, 0.6) is 0 Å². The average Bonchev–Trinajstić information content (AvgIpc) is 3.21. The number of halogens is 1. The van der Waals surface area contributed by atoms with E-state index in [9.17, 15) is 9.59 Å². The Labute approximate surface area is 164 Å². The molecule has 0 aromatic carbocycles. The monoisotopic (exact) mass is 395 g/mol. The molecule has 1 aliphatic heterocycles. The fraction of sp³-hybridized carbons (Fsp3) is 0.632. The van der Waals surface area contributed by atoms with E-state index in [1.165, 1.54) is 0 Å². The maximum atomic E-state index is 11.9. The predicted octanol–water partition coefficient (Wildman–Crippen LogP) is 3.75. The Bertz CT molecular complexity index is 644. The Kier molecular flexibility index (Phi) is 7.15. The molecule has 1 N–H and O–H groups in total. The van der Waals surface area contributed by atoms with Crippen molar-refractivity contribution in [1.29, 1.82) is 0 Å². The maximum absolute atomic E-state index is 11.9. The third-order valence-corrected chi connectivity index (χ3v) is 5.31. The van der Waals surface area contributed by atoms with Gasteiger partial charge in [0.2, 0.25) is 0 Å². The highest BCUT2D eigenvalue weighted by atomic mass is 35.5. The molecule has 7 nitrogen and oxygen atoms in total. The van der Waals surface area contributed by atoms with Crippen molar-refractivity contribution in [1.82, 2.24) is 15.2 Å². The molecule has 27 heavy (non-hydrogen) atoms. The van der Waals surface area contributed by atoms with Crippen LogP contribution in [0.3, 0.4) is 0 Å². The number of ether oxygens (including phenoxy) is 2. The number of nitrogens with zero attached hydrogens (tertiary/aromatic N) is 2. The van der Waals surface area contributed by atoms with Crippen molar-refractivity contribution >= 4 is 23.8 Å². The zero-order chi connectivity index (χ0) is 19.1. The normalized spacial score (nSPS) is 22.3. The predicted molar refractivity (Wildman–Crippen MR) is 100 cm³/mol. The minimum Gasteiger partial charge on any atom is -0.449 e. The summed E-state index contributed by atoms with van der Waals surface area (Å²) in [5.41, 5.74) is 0.612. The van der Waals surface area contributed by atoms with Gasteiger partial charge in [0.25, 0.3) is 0 Å². The summed E-state index contributed by atoms with van der Waals surface area (Å²) in [5.74, 6) is 0.362. The zero-order valence-electron chi connectivity index (χ0n) is 15.4. The second-order valence-electron chi connectivity index (χ2n) is 7.16. The molecule has 0 spiro atoms. The van der Waals surface area contributed by atoms with E-state index in [0.29, 0.717) is 23.4 Å². The summed E-state index contributed by atoms with van der Waals surface area (Å²) in [4.78, 5) is 29.7. The summed E-state index contributed by atoms with van der Waals surface area (Å²) in [6.45, 7) is 2.17. The summed E-state index contributed by atoms with van der Waals surface area (Å²) in [5, 5.41) is 3.27. The lowest BCUT2D eigenvalue weighted by Gasteiger charge is -2.29. The number of likely N-dealkylation sites (tertiary alicyclic amines) is 1. The van der Waals surface area contributed by atoms with E-state index < -0.39 is 6.09 Å². The van der Waals surface area contributed by atoms with E-state index in [1.54, 1.807) is 23.1 Å². The lowest BCUT2D eigenvalue weighted by Crippen LogP contribution is -2.39. The summed E-state index contributed by atoms with van der Waals surface area (Å²) >= 11 is 5.81. The van der Waals surface area contributed by atoms with Crippen LogP contribution in [0, 0.1) is 5.92 Å². The molecule has 8 heteroatoms. The van der Waals surface area contributed by atoms with Gasteiger partial charge >= 0.3 is 12.2 Å². The fourth-order valence-corrected chi connectivity index (χ4v) is 3.71. The number of nitrogens with one attached hydrogen (secondary N) is 1. The van der Waals surface area contributed by atoms with Gasteiger partial charge in [0, 0.05) is 19.1 Å². The molecule has 1 aromatic heterocycles. The highest BCUT2D eigenvalue weighted by molar-refractivity contribution is 6.29. The van der Waals surface area contributed by atoms with Gasteiger partial charge in [-0.3, -0.25) is 0 Å². The highest BCUT2D eigenvalue weighted by Crippen LogP contribution is 2.25. The van der Waals surface area contributed by atoms with Gasteiger partial charge in [-0.15, -0.1) is 0 Å². The molecule has 2 heterocycles. The Hall–Kier alpha value is -2.02. The minimum atomic E-state index is -0.444. The number of carbonyl (C=O) groups is 2. The van der Waals surface area contributed by atoms with Gasteiger partial charge in [0.05, 0.1) is 12.3 Å². The molecular weight excluding hydrogens is 370 g/mol. The van der Waals surface area contributed by atoms with Crippen LogP contribution >= 0.6 is 11.6 Å². The van der Waals surface area contributed by atoms with Crippen LogP contribution in [0.1, 0.15) is 44.2 Å². The SMILES string of the molecule is O=C(NC1CCC(COC(=O)N2CCCC2)CC1)OCc1cccc(Cl)n1. The summed E-state index contributed by atoms with van der Waals surface area (Å²) in [7, 11) is 0. The van der Waals surface area contributed by atoms with E-state index in [2.05, 4.69) is 10.3 Å². The first kappa shape index (κ1) is 19.7. The van der Waals surface area contributed by atoms with Crippen LogP contribution in [0.15, 0.2) is 18.2 Å². The molecule has 0 radical (unpaired) electrons. The Morgan fingerprint density at radius 2 is 1.89 bits per heavy atom. The number of aromatic nitrogens is 1. The Balaban J connectivity index is 1.30. The van der Waals surface area contributed by atoms with Gasteiger partial charge < -0.3 is 19.7 Å². The third-order valence-electron chi connectivity index (χ3n) is 5.10. The second-order valence-corrected chi connectivity index (χ2v) is 7.55. The smallest absolute Gasteiger partial charge is 0.409 e. The topological polar surface area (TPSA) is 80.8 Å². The molecule has 0 atom stereocenters. The molecule has 1 saturated heterocycles. The van der Waals surface area contributed by atoms with Gasteiger partial charge in [-0.1, -0.05) is 17.7 Å². The molecule has 1 aliphatic carbocycles. The van der Waals surface area contributed by atoms with Crippen molar-refractivity contribution < 1.29 is 19.1 Å². The first-order valence-electron chi connectivity index (χ1n) is 9.56. The standard InChI is InChI=1S/C19H26ClN3O4/c20-17-5-3-4-16(21-17)13-26-18(24)22-15-8-6-14(7-9-15)12-27-19(25)23-10-1-2-11-23/h3-5,14-15H,1-2,6-13H2,(H,22,24). The Morgan fingerprint density at radius 1 is 1.15 bits per heavy atom. The Morgan fingerprint density at radius 3 is 2.59 bits per heavy atom. The number of carbonyl (C=O) groups excluding carboxylic acids is 2. The van der Waals surface area contributed by atoms with Gasteiger partial charge in [0.15, 0.2) is 0 Å². The van der Waals surface area contributed by atoms with Gasteiger partial charge in [-0.25, -0.2) is 14.6 Å². The average molecular weight is 396 g/mol. The number of hydrogen-bond acceptors (Lipinski definition) is 5. The highest BCUT2D eigenvalue weighted by Gasteiger charge is 2.25. The molecule has 0 unspecified atom stereocenters. The van der Waals surface area contributed by atoms with E-state index in [4.69, 9.17) is 21.1 Å². The molecule has 2 fully saturated rings. The summed E-state index contributed by atoms with van der Waals surface area (Å²) in [6.07, 6.45) is 5.06. The molecule has 0 bridgehead atoms. The number of hydrogen-bond donors (Lipinski definition) is 1. The van der Waals surface area contributed by atoms with Crippen molar-refractivity contribution in [3.8, 4) is 0 Å². The quantitative estimate of drug-likeness (QED) is 0.768. The molecule has 3 rings (SSSR count). The van der Waals surface area contributed by atoms with Crippen LogP contribution in [0.25, 0.3) is 0 Å². The van der Waals surface area contributed by atoms with E-state index in [-0.39, 0.29) is 18.7 Å². The summed E-state index contributed by atoms with van der Waals surface area (Å²) < 4.78 is 10.6. The van der Waals surface area contributed by atoms with E-state index in [0.717, 1.165) is 51.6 Å². The van der Waals surface area contributed by atoms with E-state index in [1.807, 2.05) is 0 Å². The van der Waals surface area contributed by atoms with Crippen molar-refractivity contribution in [3.05, 3.63) is 29.0 Å². The van der Waals surface area contributed by atoms with Crippen molar-refractivity contribution in [2.45, 2.75) is 51.2 Å². The minimum absolute atomic E-state index is 0.0915. The first-order chi connectivity index (χ1) is 13.1. The fourth-order valence-electron chi connectivity index (χ4n) is 3.53. The molecule has 2 amide bonds. The van der Waals surface area contributed by atoms with Gasteiger partial charge in [-0.2, -0.15) is 0 Å². The third kappa shape index (κ3) is 6.27. The zero-order valence-corrected chi connectivity index (χ0v) is 16.1. The molecule has 2 aliphatic rings. The lowest BCUT2D eigenvalue weighted by atomic mass is 9.86. The summed E-state index contributed by atoms with van der Waals surface area (Å²) in [6, 6.07) is 5.29. The van der Waals surface area contributed by atoms with Crippen LogP contribution in [0.2, 0.25) is 5.15 Å². The van der Waals surface area contributed by atoms with Crippen LogP contribution < -0.4 is 5.32 Å². The van der Waals surface area contributed by atoms with Crippen molar-refractivity contribution in [2.24, 2.45) is 5.92 Å². The van der Waals surface area contributed by atoms with E-state index >= 15 is 0 Å². The van der Waals surface area contributed by atoms with Crippen molar-refractivity contribution in [3.63, 3.8) is 0 Å². The first-order valence-corrected chi connectivity index (χ1v) is 9.94. The van der Waals surface area contributed by atoms with Crippen LogP contribution in [0.4, 0.5) is 9.59 Å². The molecule has 1 saturated carbocycles. The lowest BCUT2D eigenvalue weighted by molar-refractivity contribution is 0.0831. The molecule has 148 valence electrons. The van der Waals surface area contributed by atoms with Gasteiger partial charge in [-0.05, 0) is 56.6 Å². The van der Waals surface area contributed by atoms with Gasteiger partial charge in [0.1, 0.15) is 11.8 Å². The number of alkyl carbamates (subject to hydrolysis) is 1. The number of pyridine rings is 1. The number of rotatable bonds is 5. The number of amides is 2. The van der Waals surface area contributed by atoms with Crippen LogP contribution in [-0.4, -0.2) is 47.8 Å². The van der Waals surface area contributed by atoms with Crippen LogP contribution in [-0.2, 0) is 16.1 Å². The molecular formula is C19H26ClN3O4. The van der Waals surface area contributed by atoms with Crippen molar-refractivity contribution in [2.75, 3.05) is 19.7 Å². The second kappa shape index (κ2) is 9.78. The maximum Gasteiger partial charge on any atom is 0.409 e. The molecule has 1 aromatic rings.